The smallest absolute Gasteiger partial charge is 0.332 e. The van der Waals surface area contributed by atoms with Gasteiger partial charge in [0.15, 0.2) is 17.4 Å². The van der Waals surface area contributed by atoms with Gasteiger partial charge in [0.1, 0.15) is 10.7 Å². The average Bonchev–Trinajstić information content (AvgIpc) is 2.60. The maximum Gasteiger partial charge on any atom is 0.332 e. The Morgan fingerprint density at radius 3 is 2.36 bits per heavy atom. The number of nitrogens with one attached hydrogen (secondary N) is 1. The van der Waals surface area contributed by atoms with Crippen LogP contribution in [0, 0.1) is 11.6 Å². The highest BCUT2D eigenvalue weighted by atomic mass is 32.2. The highest BCUT2D eigenvalue weighted by Crippen LogP contribution is 2.24. The van der Waals surface area contributed by atoms with Gasteiger partial charge in [0.25, 0.3) is 11.5 Å². The van der Waals surface area contributed by atoms with E-state index in [4.69, 9.17) is 10.2 Å². The topological polar surface area (TPSA) is 148 Å². The minimum absolute atomic E-state index is 0.202. The van der Waals surface area contributed by atoms with Gasteiger partial charge in [-0.2, -0.15) is 0 Å². The van der Waals surface area contributed by atoms with Crippen molar-refractivity contribution in [3.63, 3.8) is 0 Å². The summed E-state index contributed by atoms with van der Waals surface area (Å²) in [6.07, 6.45) is 0. The average molecular weight is 415 g/mol. The first kappa shape index (κ1) is 19.4. The zero-order chi connectivity index (χ0) is 20.9. The first-order valence-electron chi connectivity index (χ1n) is 7.49. The number of hydrogen-bond donors (Lipinski definition) is 3. The molecule has 2 heterocycles. The number of halogens is 2. The van der Waals surface area contributed by atoms with Crippen LogP contribution in [0.25, 0.3) is 0 Å². The molecule has 1 aliphatic rings. The lowest BCUT2D eigenvalue weighted by atomic mass is 10.2. The third-order valence-corrected chi connectivity index (χ3v) is 5.66. The molecule has 1 aromatic carbocycles. The van der Waals surface area contributed by atoms with Crippen molar-refractivity contribution in [3.05, 3.63) is 50.2 Å². The molecule has 148 valence electrons. The second-order valence-electron chi connectivity index (χ2n) is 5.82. The Morgan fingerprint density at radius 2 is 1.82 bits per heavy atom. The van der Waals surface area contributed by atoms with E-state index in [1.807, 2.05) is 0 Å². The van der Waals surface area contributed by atoms with E-state index in [9.17, 15) is 32.2 Å². The fourth-order valence-electron chi connectivity index (χ4n) is 2.69. The lowest BCUT2D eigenvalue weighted by molar-refractivity contribution is -0.139. The molecule has 2 atom stereocenters. The normalized spacial score (nSPS) is 18.5. The molecule has 2 unspecified atom stereocenters. The molecule has 3 N–H and O–H groups in total. The summed E-state index contributed by atoms with van der Waals surface area (Å²) in [5.41, 5.74) is -2.40. The molecular weight excluding hydrogens is 404 g/mol. The summed E-state index contributed by atoms with van der Waals surface area (Å²) in [5, 5.41) is 18.2. The van der Waals surface area contributed by atoms with Crippen LogP contribution in [0.4, 0.5) is 14.6 Å². The van der Waals surface area contributed by atoms with Gasteiger partial charge in [0.05, 0.1) is 17.3 Å². The third kappa shape index (κ3) is 2.89. The highest BCUT2D eigenvalue weighted by molar-refractivity contribution is 7.87. The van der Waals surface area contributed by atoms with E-state index in [1.165, 1.54) is 0 Å². The van der Waals surface area contributed by atoms with Crippen molar-refractivity contribution >= 4 is 28.5 Å². The number of aromatic hydroxyl groups is 1. The number of carbonyl (C=O) groups excluding carboxylic acids is 1. The Bertz CT molecular complexity index is 1160. The highest BCUT2D eigenvalue weighted by Gasteiger charge is 2.42. The molecule has 1 amide bonds. The van der Waals surface area contributed by atoms with E-state index in [1.54, 1.807) is 0 Å². The number of aliphatic carboxylic acids is 1. The lowest BCUT2D eigenvalue weighted by Crippen LogP contribution is -2.50. The first-order chi connectivity index (χ1) is 13.0. The molecule has 0 bridgehead atoms. The zero-order valence-corrected chi connectivity index (χ0v) is 14.7. The van der Waals surface area contributed by atoms with Crippen LogP contribution in [-0.4, -0.2) is 40.7 Å². The van der Waals surface area contributed by atoms with E-state index < -0.39 is 73.8 Å². The van der Waals surface area contributed by atoms with Crippen LogP contribution in [0.15, 0.2) is 26.6 Å². The van der Waals surface area contributed by atoms with Crippen molar-refractivity contribution in [3.8, 4) is 5.75 Å². The largest absolute Gasteiger partial charge is 0.503 e. The van der Waals surface area contributed by atoms with Gasteiger partial charge >= 0.3 is 11.7 Å². The quantitative estimate of drug-likeness (QED) is 0.550. The second kappa shape index (κ2) is 6.67. The Morgan fingerprint density at radius 1 is 1.25 bits per heavy atom. The molecule has 0 saturated heterocycles. The minimum atomic E-state index is -2.62. The summed E-state index contributed by atoms with van der Waals surface area (Å²) in [4.78, 5) is 47.6. The van der Waals surface area contributed by atoms with E-state index >= 15 is 0 Å². The maximum absolute atomic E-state index is 13.5. The Balaban J connectivity index is 2.21. The fourth-order valence-corrected chi connectivity index (χ4v) is 4.03. The summed E-state index contributed by atoms with van der Waals surface area (Å²) >= 11 is 0. The van der Waals surface area contributed by atoms with Gasteiger partial charge in [-0.05, 0) is 17.7 Å². The number of benzene rings is 1. The molecule has 0 radical (unpaired) electrons. The summed E-state index contributed by atoms with van der Waals surface area (Å²) in [5.74, 6) is -7.19. The molecule has 0 spiro atoms. The molecule has 0 aliphatic carbocycles. The monoisotopic (exact) mass is 415 g/mol. The number of rotatable bonds is 3. The fraction of sp³-hybridized carbons (Fsp3) is 0.200. The minimum Gasteiger partial charge on any atom is -0.503 e. The second-order valence-corrected chi connectivity index (χ2v) is 7.30. The van der Waals surface area contributed by atoms with E-state index in [0.29, 0.717) is 16.7 Å². The summed E-state index contributed by atoms with van der Waals surface area (Å²) in [6, 6.07) is 1.39. The van der Waals surface area contributed by atoms with Gasteiger partial charge in [-0.3, -0.25) is 27.7 Å². The molecule has 10 nitrogen and oxygen atoms in total. The first-order valence-corrected chi connectivity index (χ1v) is 8.70. The van der Waals surface area contributed by atoms with Crippen LogP contribution in [-0.2, 0) is 34.0 Å². The van der Waals surface area contributed by atoms with Crippen molar-refractivity contribution in [2.75, 3.05) is 5.32 Å². The number of carboxylic acid groups (broad SMARTS) is 1. The SMILES string of the molecule is Cn1c2c(c(=O)n(Cc3cc(F)c(O)c(F)c3)c1=O)S(=O)C(C(=O)O)C(=O)N2. The molecule has 13 heteroatoms. The van der Waals surface area contributed by atoms with Crippen molar-refractivity contribution < 1.29 is 32.8 Å². The zero-order valence-electron chi connectivity index (χ0n) is 13.9. The van der Waals surface area contributed by atoms with Crippen LogP contribution >= 0.6 is 0 Å². The molecule has 1 aromatic heterocycles. The van der Waals surface area contributed by atoms with E-state index in [0.717, 1.165) is 11.6 Å². The Hall–Kier alpha value is -3.35. The van der Waals surface area contributed by atoms with Crippen LogP contribution in [0.3, 0.4) is 0 Å². The number of aromatic nitrogens is 2. The molecular formula is C15H11F2N3O7S. The number of nitrogens with zero attached hydrogens (tertiary/aromatic N) is 2. The summed E-state index contributed by atoms with van der Waals surface area (Å²) in [6.45, 7) is -0.657. The molecule has 28 heavy (non-hydrogen) atoms. The van der Waals surface area contributed by atoms with Crippen LogP contribution in [0.5, 0.6) is 5.75 Å². The number of fused-ring (bicyclic) bond motifs is 1. The Kier molecular flexibility index (Phi) is 4.62. The van der Waals surface area contributed by atoms with Gasteiger partial charge in [0.2, 0.25) is 5.25 Å². The number of phenolic OH excluding ortho intramolecular Hbond substituents is 1. The van der Waals surface area contributed by atoms with Crippen molar-refractivity contribution in [2.45, 2.75) is 16.7 Å². The number of phenols is 1. The number of amides is 1. The van der Waals surface area contributed by atoms with Gasteiger partial charge in [-0.1, -0.05) is 0 Å². The third-order valence-electron chi connectivity index (χ3n) is 4.04. The van der Waals surface area contributed by atoms with E-state index in [2.05, 4.69) is 5.32 Å². The molecule has 2 aromatic rings. The van der Waals surface area contributed by atoms with Crippen molar-refractivity contribution in [1.29, 1.82) is 0 Å². The van der Waals surface area contributed by atoms with Crippen LogP contribution < -0.4 is 16.6 Å². The predicted octanol–water partition coefficient (Wildman–Crippen LogP) is -0.908. The number of anilines is 1. The number of carbonyl (C=O) groups is 2. The summed E-state index contributed by atoms with van der Waals surface area (Å²) < 4.78 is 40.8. The molecule has 3 rings (SSSR count). The lowest BCUT2D eigenvalue weighted by Gasteiger charge is -2.23. The molecule has 1 aliphatic heterocycles. The van der Waals surface area contributed by atoms with Crippen molar-refractivity contribution in [2.24, 2.45) is 7.05 Å². The van der Waals surface area contributed by atoms with E-state index in [-0.39, 0.29) is 5.56 Å². The number of hydrogen-bond acceptors (Lipinski definition) is 6. The predicted molar refractivity (Wildman–Crippen MR) is 89.5 cm³/mol. The van der Waals surface area contributed by atoms with Crippen LogP contribution in [0.1, 0.15) is 5.56 Å². The Labute approximate surface area is 156 Å². The van der Waals surface area contributed by atoms with Gasteiger partial charge < -0.3 is 15.5 Å². The molecule has 0 fully saturated rings. The van der Waals surface area contributed by atoms with Gasteiger partial charge in [0, 0.05) is 7.05 Å². The number of carboxylic acids is 1. The van der Waals surface area contributed by atoms with Gasteiger partial charge in [-0.25, -0.2) is 13.6 Å². The molecule has 0 saturated carbocycles. The standard InChI is InChI=1S/C15H11F2N3O7S/c1-19-11-9(28(27)10(14(24)25)12(22)18-11)13(23)20(15(19)26)4-5-2-6(16)8(21)7(17)3-5/h2-3,10,21H,4H2,1H3,(H,18,22)(H,24,25). The summed E-state index contributed by atoms with van der Waals surface area (Å²) in [7, 11) is -1.48. The maximum atomic E-state index is 13.5. The van der Waals surface area contributed by atoms with Crippen molar-refractivity contribution in [1.82, 2.24) is 9.13 Å². The van der Waals surface area contributed by atoms with Gasteiger partial charge in [-0.15, -0.1) is 0 Å². The van der Waals surface area contributed by atoms with Crippen LogP contribution in [0.2, 0.25) is 0 Å².